The maximum Gasteiger partial charge on any atom is 0.0754 e. The molecule has 0 amide bonds. The molecule has 0 fully saturated rings. The van der Waals surface area contributed by atoms with Crippen LogP contribution in [0, 0.1) is 11.8 Å². The highest BCUT2D eigenvalue weighted by Gasteiger charge is 2.26. The molecule has 0 saturated carbocycles. The average molecular weight is 238 g/mol. The fourth-order valence-corrected chi connectivity index (χ4v) is 2.56. The van der Waals surface area contributed by atoms with Crippen molar-refractivity contribution in [3.8, 4) is 0 Å². The van der Waals surface area contributed by atoms with Crippen molar-refractivity contribution in [2.75, 3.05) is 6.61 Å². The smallest absolute Gasteiger partial charge is 0.0754 e. The number of allylic oxidation sites excluding steroid dienone is 2. The van der Waals surface area contributed by atoms with Crippen LogP contribution in [0.4, 0.5) is 0 Å². The molecule has 2 N–H and O–H groups in total. The van der Waals surface area contributed by atoms with E-state index < -0.39 is 0 Å². The molecule has 98 valence electrons. The van der Waals surface area contributed by atoms with Crippen LogP contribution in [0.5, 0.6) is 0 Å². The van der Waals surface area contributed by atoms with E-state index in [4.69, 9.17) is 5.11 Å². The zero-order valence-corrected chi connectivity index (χ0v) is 11.3. The van der Waals surface area contributed by atoms with E-state index in [0.717, 1.165) is 31.3 Å². The topological polar surface area (TPSA) is 40.5 Å². The third-order valence-corrected chi connectivity index (χ3v) is 3.86. The van der Waals surface area contributed by atoms with Crippen LogP contribution in [-0.4, -0.2) is 22.9 Å². The standard InChI is InChI=1S/C15H26O2/c1-11-7-8-14(15(17)9-11)13(3)6-4-5-12(2)10-16/h5,9,13-17H,4,6-8,10H2,1-3H3/b12-5+/t13-,14-,15+/m1/s1. The van der Waals surface area contributed by atoms with E-state index in [0.29, 0.717) is 11.8 Å². The summed E-state index contributed by atoms with van der Waals surface area (Å²) < 4.78 is 0. The summed E-state index contributed by atoms with van der Waals surface area (Å²) in [5.74, 6) is 0.943. The summed E-state index contributed by atoms with van der Waals surface area (Å²) in [7, 11) is 0. The van der Waals surface area contributed by atoms with Gasteiger partial charge in [0, 0.05) is 0 Å². The number of hydrogen-bond donors (Lipinski definition) is 2. The van der Waals surface area contributed by atoms with E-state index in [1.165, 1.54) is 5.57 Å². The molecule has 1 aliphatic carbocycles. The van der Waals surface area contributed by atoms with Gasteiger partial charge in [-0.1, -0.05) is 30.2 Å². The minimum atomic E-state index is -0.262. The van der Waals surface area contributed by atoms with Crippen LogP contribution in [0.1, 0.15) is 46.5 Å². The van der Waals surface area contributed by atoms with E-state index in [9.17, 15) is 5.11 Å². The van der Waals surface area contributed by atoms with Crippen molar-refractivity contribution >= 4 is 0 Å². The molecule has 2 nitrogen and oxygen atoms in total. The van der Waals surface area contributed by atoms with E-state index in [1.807, 2.05) is 13.0 Å². The zero-order chi connectivity index (χ0) is 12.8. The minimum absolute atomic E-state index is 0.155. The highest BCUT2D eigenvalue weighted by Crippen LogP contribution is 2.31. The summed E-state index contributed by atoms with van der Waals surface area (Å²) in [6.45, 7) is 6.43. The molecule has 0 spiro atoms. The van der Waals surface area contributed by atoms with Crippen LogP contribution in [0.2, 0.25) is 0 Å². The molecule has 0 bridgehead atoms. The lowest BCUT2D eigenvalue weighted by molar-refractivity contribution is 0.0993. The first-order chi connectivity index (χ1) is 8.04. The molecule has 1 aliphatic rings. The van der Waals surface area contributed by atoms with Gasteiger partial charge in [-0.3, -0.25) is 0 Å². The van der Waals surface area contributed by atoms with Crippen molar-refractivity contribution in [3.63, 3.8) is 0 Å². The second-order valence-corrected chi connectivity index (χ2v) is 5.47. The first-order valence-electron chi connectivity index (χ1n) is 6.66. The monoisotopic (exact) mass is 238 g/mol. The number of hydrogen-bond acceptors (Lipinski definition) is 2. The van der Waals surface area contributed by atoms with Gasteiger partial charge in [-0.25, -0.2) is 0 Å². The fourth-order valence-electron chi connectivity index (χ4n) is 2.56. The van der Waals surface area contributed by atoms with Crippen LogP contribution >= 0.6 is 0 Å². The molecule has 0 unspecified atom stereocenters. The average Bonchev–Trinajstić information content (AvgIpc) is 2.28. The van der Waals surface area contributed by atoms with Crippen LogP contribution in [0.3, 0.4) is 0 Å². The van der Waals surface area contributed by atoms with Gasteiger partial charge in [-0.05, 0) is 51.4 Å². The highest BCUT2D eigenvalue weighted by molar-refractivity contribution is 5.08. The van der Waals surface area contributed by atoms with Gasteiger partial charge < -0.3 is 10.2 Å². The number of rotatable bonds is 5. The second kappa shape index (κ2) is 6.97. The molecule has 0 aliphatic heterocycles. The van der Waals surface area contributed by atoms with Gasteiger partial charge in [-0.15, -0.1) is 0 Å². The van der Waals surface area contributed by atoms with Gasteiger partial charge in [0.25, 0.3) is 0 Å². The quantitative estimate of drug-likeness (QED) is 0.723. The third kappa shape index (κ3) is 4.64. The van der Waals surface area contributed by atoms with Crippen molar-refractivity contribution in [1.82, 2.24) is 0 Å². The van der Waals surface area contributed by atoms with Crippen molar-refractivity contribution in [2.45, 2.75) is 52.6 Å². The lowest BCUT2D eigenvalue weighted by Crippen LogP contribution is -2.28. The van der Waals surface area contributed by atoms with Gasteiger partial charge in [0.05, 0.1) is 12.7 Å². The Kier molecular flexibility index (Phi) is 5.93. The summed E-state index contributed by atoms with van der Waals surface area (Å²) in [6.07, 6.45) is 8.17. The molecule has 0 saturated heterocycles. The summed E-state index contributed by atoms with van der Waals surface area (Å²) in [4.78, 5) is 0. The molecule has 17 heavy (non-hydrogen) atoms. The molecule has 3 atom stereocenters. The molecular weight excluding hydrogens is 212 g/mol. The largest absolute Gasteiger partial charge is 0.392 e. The maximum absolute atomic E-state index is 10.0. The maximum atomic E-state index is 10.0. The molecule has 1 rings (SSSR count). The molecule has 0 radical (unpaired) electrons. The van der Waals surface area contributed by atoms with Crippen molar-refractivity contribution in [2.24, 2.45) is 11.8 Å². The predicted octanol–water partition coefficient (Wildman–Crippen LogP) is 3.06. The first kappa shape index (κ1) is 14.5. The Balaban J connectivity index is 2.40. The molecule has 2 heteroatoms. The van der Waals surface area contributed by atoms with Crippen LogP contribution in [-0.2, 0) is 0 Å². The number of aliphatic hydroxyl groups excluding tert-OH is 2. The lowest BCUT2D eigenvalue weighted by atomic mass is 9.78. The summed E-state index contributed by atoms with van der Waals surface area (Å²) in [6, 6.07) is 0. The van der Waals surface area contributed by atoms with E-state index in [-0.39, 0.29) is 12.7 Å². The molecule has 0 aromatic rings. The summed E-state index contributed by atoms with van der Waals surface area (Å²) in [5.41, 5.74) is 2.36. The zero-order valence-electron chi connectivity index (χ0n) is 11.3. The highest BCUT2D eigenvalue weighted by atomic mass is 16.3. The Morgan fingerprint density at radius 1 is 1.59 bits per heavy atom. The lowest BCUT2D eigenvalue weighted by Gasteiger charge is -2.30. The van der Waals surface area contributed by atoms with Crippen molar-refractivity contribution < 1.29 is 10.2 Å². The number of aliphatic hydroxyl groups is 2. The van der Waals surface area contributed by atoms with Crippen molar-refractivity contribution in [1.29, 1.82) is 0 Å². The summed E-state index contributed by atoms with van der Waals surface area (Å²) >= 11 is 0. The Hall–Kier alpha value is -0.600. The molecule has 0 aromatic heterocycles. The van der Waals surface area contributed by atoms with Crippen LogP contribution in [0.15, 0.2) is 23.3 Å². The van der Waals surface area contributed by atoms with Crippen LogP contribution in [0.25, 0.3) is 0 Å². The molecular formula is C15H26O2. The van der Waals surface area contributed by atoms with Gasteiger partial charge in [0.1, 0.15) is 0 Å². The second-order valence-electron chi connectivity index (χ2n) is 5.47. The Bertz CT molecular complexity index is 291. The van der Waals surface area contributed by atoms with Gasteiger partial charge in [0.15, 0.2) is 0 Å². The fraction of sp³-hybridized carbons (Fsp3) is 0.733. The van der Waals surface area contributed by atoms with Gasteiger partial charge in [0.2, 0.25) is 0 Å². The SMILES string of the molecule is CC1=C[C@H](O)[C@@H]([C@H](C)CC/C=C(\C)CO)CC1. The molecule has 0 aromatic carbocycles. The van der Waals surface area contributed by atoms with Crippen molar-refractivity contribution in [3.05, 3.63) is 23.3 Å². The normalized spacial score (nSPS) is 27.8. The van der Waals surface area contributed by atoms with Gasteiger partial charge in [-0.2, -0.15) is 0 Å². The van der Waals surface area contributed by atoms with Gasteiger partial charge >= 0.3 is 0 Å². The molecule has 0 heterocycles. The third-order valence-electron chi connectivity index (χ3n) is 3.86. The minimum Gasteiger partial charge on any atom is -0.392 e. The predicted molar refractivity (Wildman–Crippen MR) is 71.7 cm³/mol. The Labute approximate surface area is 105 Å². The Morgan fingerprint density at radius 2 is 2.29 bits per heavy atom. The van der Waals surface area contributed by atoms with E-state index in [2.05, 4.69) is 19.9 Å². The van der Waals surface area contributed by atoms with E-state index in [1.54, 1.807) is 0 Å². The van der Waals surface area contributed by atoms with E-state index >= 15 is 0 Å². The Morgan fingerprint density at radius 3 is 2.88 bits per heavy atom. The summed E-state index contributed by atoms with van der Waals surface area (Å²) in [5, 5.41) is 18.9. The first-order valence-corrected chi connectivity index (χ1v) is 6.66. The van der Waals surface area contributed by atoms with Crippen LogP contribution < -0.4 is 0 Å².